The molecule has 0 unspecified atom stereocenters. The molecule has 2 N–H and O–H groups in total. The van der Waals surface area contributed by atoms with Crippen molar-refractivity contribution in [2.45, 2.75) is 13.0 Å². The number of benzene rings is 2. The summed E-state index contributed by atoms with van der Waals surface area (Å²) in [5, 5.41) is 14.1. The number of rotatable bonds is 4. The second-order valence-electron chi connectivity index (χ2n) is 5.75. The van der Waals surface area contributed by atoms with Gasteiger partial charge < -0.3 is 10.3 Å². The van der Waals surface area contributed by atoms with Gasteiger partial charge in [0.05, 0.1) is 28.3 Å². The van der Waals surface area contributed by atoms with Gasteiger partial charge in [-0.15, -0.1) is 5.10 Å². The number of nitrogens with zero attached hydrogens (tertiary/aromatic N) is 5. The van der Waals surface area contributed by atoms with Crippen molar-refractivity contribution in [2.24, 2.45) is 0 Å². The minimum Gasteiger partial charge on any atom is -0.342 e. The van der Waals surface area contributed by atoms with E-state index < -0.39 is 0 Å². The Balaban J connectivity index is 1.63. The second-order valence-corrected chi connectivity index (χ2v) is 6.67. The van der Waals surface area contributed by atoms with Crippen LogP contribution >= 0.6 is 15.9 Å². The van der Waals surface area contributed by atoms with Crippen LogP contribution in [0.15, 0.2) is 53.3 Å². The maximum Gasteiger partial charge on any atom is 0.254 e. The minimum atomic E-state index is -0.296. The zero-order valence-corrected chi connectivity index (χ0v) is 15.3. The Labute approximate surface area is 156 Å². The number of fused-ring (bicyclic) bond motifs is 1. The molecule has 0 saturated heterocycles. The van der Waals surface area contributed by atoms with E-state index in [-0.39, 0.29) is 11.9 Å². The Morgan fingerprint density at radius 3 is 2.88 bits per heavy atom. The molecule has 0 fully saturated rings. The van der Waals surface area contributed by atoms with Crippen molar-refractivity contribution in [1.29, 1.82) is 0 Å². The summed E-state index contributed by atoms with van der Waals surface area (Å²) < 4.78 is 2.24. The van der Waals surface area contributed by atoms with Crippen LogP contribution < -0.4 is 5.32 Å². The van der Waals surface area contributed by atoms with Crippen molar-refractivity contribution < 1.29 is 4.79 Å². The number of hydrogen-bond donors (Lipinski definition) is 2. The Kier molecular flexibility index (Phi) is 4.21. The van der Waals surface area contributed by atoms with E-state index in [1.807, 2.05) is 37.3 Å². The highest BCUT2D eigenvalue weighted by molar-refractivity contribution is 9.10. The quantitative estimate of drug-likeness (QED) is 0.537. The van der Waals surface area contributed by atoms with Gasteiger partial charge in [0.25, 0.3) is 5.91 Å². The number of carbonyl (C=O) groups is 1. The molecule has 0 saturated carbocycles. The molecule has 2 aromatic heterocycles. The number of aromatic amines is 1. The molecule has 0 radical (unpaired) electrons. The average molecular weight is 412 g/mol. The molecule has 2 heterocycles. The van der Waals surface area contributed by atoms with E-state index in [4.69, 9.17) is 0 Å². The fourth-order valence-electron chi connectivity index (χ4n) is 2.68. The molecule has 0 aliphatic rings. The van der Waals surface area contributed by atoms with Crippen LogP contribution in [0.4, 0.5) is 0 Å². The number of aromatic nitrogens is 6. The average Bonchev–Trinajstić information content (AvgIpc) is 3.31. The van der Waals surface area contributed by atoms with Crippen LogP contribution in [0.2, 0.25) is 0 Å². The third-order valence-corrected chi connectivity index (χ3v) is 4.46. The smallest absolute Gasteiger partial charge is 0.254 e. The molecule has 4 aromatic rings. The van der Waals surface area contributed by atoms with Gasteiger partial charge in [-0.2, -0.15) is 4.68 Å². The number of amides is 1. The molecule has 1 amide bonds. The van der Waals surface area contributed by atoms with Crippen LogP contribution in [0.3, 0.4) is 0 Å². The van der Waals surface area contributed by atoms with Gasteiger partial charge in [-0.25, -0.2) is 4.98 Å². The SMILES string of the molecule is C[C@@H](NC(=O)c1cc(Br)ccc1-n1cnnn1)c1nc2ccccc2[nH]1. The first-order valence-electron chi connectivity index (χ1n) is 7.90. The molecule has 26 heavy (non-hydrogen) atoms. The largest absolute Gasteiger partial charge is 0.342 e. The predicted octanol–water partition coefficient (Wildman–Crippen LogP) is 2.79. The number of nitrogens with one attached hydrogen (secondary N) is 2. The van der Waals surface area contributed by atoms with Gasteiger partial charge >= 0.3 is 0 Å². The fraction of sp³-hybridized carbons (Fsp3) is 0.118. The summed E-state index contributed by atoms with van der Waals surface area (Å²) in [6.45, 7) is 1.88. The highest BCUT2D eigenvalue weighted by atomic mass is 79.9. The number of halogens is 1. The van der Waals surface area contributed by atoms with Gasteiger partial charge in [-0.1, -0.05) is 28.1 Å². The molecular weight excluding hydrogens is 398 g/mol. The van der Waals surface area contributed by atoms with E-state index in [0.717, 1.165) is 15.5 Å². The Bertz CT molecular complexity index is 1040. The molecule has 4 rings (SSSR count). The third-order valence-electron chi connectivity index (χ3n) is 3.96. The van der Waals surface area contributed by atoms with Crippen molar-refractivity contribution in [2.75, 3.05) is 0 Å². The Hall–Kier alpha value is -3.07. The number of tetrazole rings is 1. The van der Waals surface area contributed by atoms with E-state index in [0.29, 0.717) is 17.1 Å². The predicted molar refractivity (Wildman–Crippen MR) is 98.8 cm³/mol. The van der Waals surface area contributed by atoms with Crippen molar-refractivity contribution in [3.8, 4) is 5.69 Å². The van der Waals surface area contributed by atoms with Crippen LogP contribution in [0, 0.1) is 0 Å². The topological polar surface area (TPSA) is 101 Å². The van der Waals surface area contributed by atoms with Gasteiger partial charge in [-0.3, -0.25) is 4.79 Å². The first-order valence-corrected chi connectivity index (χ1v) is 8.69. The zero-order valence-electron chi connectivity index (χ0n) is 13.7. The summed E-state index contributed by atoms with van der Waals surface area (Å²) in [6, 6.07) is 12.8. The number of imidazole rings is 1. The maximum absolute atomic E-state index is 12.9. The van der Waals surface area contributed by atoms with E-state index in [1.165, 1.54) is 11.0 Å². The van der Waals surface area contributed by atoms with Gasteiger partial charge in [-0.05, 0) is 47.7 Å². The normalized spacial score (nSPS) is 12.2. The molecule has 130 valence electrons. The Morgan fingerprint density at radius 1 is 1.27 bits per heavy atom. The first kappa shape index (κ1) is 16.4. The lowest BCUT2D eigenvalue weighted by atomic mass is 10.1. The van der Waals surface area contributed by atoms with Crippen molar-refractivity contribution in [3.63, 3.8) is 0 Å². The van der Waals surface area contributed by atoms with E-state index in [9.17, 15) is 4.79 Å². The highest BCUT2D eigenvalue weighted by Gasteiger charge is 2.19. The van der Waals surface area contributed by atoms with Crippen LogP contribution in [-0.4, -0.2) is 36.1 Å². The molecule has 0 aliphatic carbocycles. The van der Waals surface area contributed by atoms with Crippen LogP contribution in [0.25, 0.3) is 16.7 Å². The second kappa shape index (κ2) is 6.68. The molecule has 1 atom stereocenters. The van der Waals surface area contributed by atoms with E-state index >= 15 is 0 Å². The lowest BCUT2D eigenvalue weighted by Crippen LogP contribution is -2.28. The first-order chi connectivity index (χ1) is 12.6. The van der Waals surface area contributed by atoms with E-state index in [1.54, 1.807) is 12.1 Å². The molecule has 0 aliphatic heterocycles. The summed E-state index contributed by atoms with van der Waals surface area (Å²) in [7, 11) is 0. The fourth-order valence-corrected chi connectivity index (χ4v) is 3.04. The summed E-state index contributed by atoms with van der Waals surface area (Å²) in [5.74, 6) is 0.447. The number of H-pyrrole nitrogens is 1. The molecule has 0 spiro atoms. The molecular formula is C17H14BrN7O. The summed E-state index contributed by atoms with van der Waals surface area (Å²) in [5.41, 5.74) is 2.84. The standard InChI is InChI=1S/C17H14BrN7O/c1-10(16-21-13-4-2-3-5-14(13)22-16)20-17(26)12-8-11(18)6-7-15(12)25-9-19-23-24-25/h2-10H,1H3,(H,20,26)(H,21,22)/t10-/m1/s1. The van der Waals surface area contributed by atoms with Crippen molar-refractivity contribution in [3.05, 3.63) is 64.7 Å². The molecule has 2 aromatic carbocycles. The maximum atomic E-state index is 12.9. The monoisotopic (exact) mass is 411 g/mol. The van der Waals surface area contributed by atoms with Crippen LogP contribution in [-0.2, 0) is 0 Å². The van der Waals surface area contributed by atoms with Gasteiger partial charge in [0.1, 0.15) is 12.2 Å². The van der Waals surface area contributed by atoms with E-state index in [2.05, 4.69) is 46.7 Å². The van der Waals surface area contributed by atoms with Gasteiger partial charge in [0.2, 0.25) is 0 Å². The van der Waals surface area contributed by atoms with Gasteiger partial charge in [0, 0.05) is 4.47 Å². The number of carbonyl (C=O) groups excluding carboxylic acids is 1. The molecule has 8 nitrogen and oxygen atoms in total. The lowest BCUT2D eigenvalue weighted by Gasteiger charge is -2.14. The third kappa shape index (κ3) is 3.08. The van der Waals surface area contributed by atoms with Gasteiger partial charge in [0.15, 0.2) is 0 Å². The summed E-state index contributed by atoms with van der Waals surface area (Å²) >= 11 is 3.40. The lowest BCUT2D eigenvalue weighted by molar-refractivity contribution is 0.0938. The summed E-state index contributed by atoms with van der Waals surface area (Å²) in [4.78, 5) is 20.6. The molecule has 9 heteroatoms. The zero-order chi connectivity index (χ0) is 18.1. The minimum absolute atomic E-state index is 0.246. The van der Waals surface area contributed by atoms with Crippen LogP contribution in [0.1, 0.15) is 29.1 Å². The highest BCUT2D eigenvalue weighted by Crippen LogP contribution is 2.21. The number of para-hydroxylation sites is 2. The van der Waals surface area contributed by atoms with Crippen LogP contribution in [0.5, 0.6) is 0 Å². The van der Waals surface area contributed by atoms with Crippen molar-refractivity contribution >= 4 is 32.9 Å². The molecule has 0 bridgehead atoms. The Morgan fingerprint density at radius 2 is 2.12 bits per heavy atom. The van der Waals surface area contributed by atoms with Crippen molar-refractivity contribution in [1.82, 2.24) is 35.5 Å². The number of hydrogen-bond acceptors (Lipinski definition) is 5. The summed E-state index contributed by atoms with van der Waals surface area (Å²) in [6.07, 6.45) is 1.45.